The summed E-state index contributed by atoms with van der Waals surface area (Å²) in [5, 5.41) is 45.3. The van der Waals surface area contributed by atoms with E-state index in [0.717, 1.165) is 6.07 Å². The van der Waals surface area contributed by atoms with E-state index < -0.39 is 40.2 Å². The van der Waals surface area contributed by atoms with Crippen molar-refractivity contribution in [1.29, 1.82) is 0 Å². The molecule has 0 spiro atoms. The van der Waals surface area contributed by atoms with Gasteiger partial charge < -0.3 is 34.6 Å². The van der Waals surface area contributed by atoms with Crippen LogP contribution in [0.4, 0.5) is 0 Å². The van der Waals surface area contributed by atoms with Gasteiger partial charge in [-0.05, 0) is 48.7 Å². The number of hydrogen-bond donors (Lipinski definition) is 4. The van der Waals surface area contributed by atoms with E-state index in [2.05, 4.69) is 0 Å². The topological polar surface area (TPSA) is 160 Å². The van der Waals surface area contributed by atoms with Gasteiger partial charge in [-0.2, -0.15) is 0 Å². The third-order valence-corrected chi connectivity index (χ3v) is 8.18. The number of rotatable bonds is 4. The van der Waals surface area contributed by atoms with Crippen molar-refractivity contribution < 1.29 is 49.0 Å². The molecule has 4 aromatic rings. The molecular formula is C33H28O10. The van der Waals surface area contributed by atoms with Crippen molar-refractivity contribution in [2.45, 2.75) is 32.3 Å². The Morgan fingerprint density at radius 1 is 0.698 bits per heavy atom. The second-order valence-electron chi connectivity index (χ2n) is 11.2. The molecule has 220 valence electrons. The number of aliphatic hydroxyl groups is 1. The molecule has 0 radical (unpaired) electrons. The minimum Gasteiger partial charge on any atom is -0.507 e. The van der Waals surface area contributed by atoms with Gasteiger partial charge in [-0.25, -0.2) is 0 Å². The lowest BCUT2D eigenvalue weighted by atomic mass is 9.72. The highest BCUT2D eigenvalue weighted by molar-refractivity contribution is 6.33. The van der Waals surface area contributed by atoms with Crippen molar-refractivity contribution in [2.75, 3.05) is 21.3 Å². The van der Waals surface area contributed by atoms with E-state index in [1.165, 1.54) is 46.5 Å². The molecule has 0 unspecified atom stereocenters. The maximum absolute atomic E-state index is 14.3. The molecule has 0 amide bonds. The molecule has 10 heteroatoms. The Hall–Kier alpha value is -5.09. The van der Waals surface area contributed by atoms with Crippen molar-refractivity contribution in [3.8, 4) is 45.6 Å². The molecule has 10 nitrogen and oxygen atoms in total. The van der Waals surface area contributed by atoms with Crippen LogP contribution in [0.25, 0.3) is 21.9 Å². The highest BCUT2D eigenvalue weighted by Crippen LogP contribution is 2.54. The monoisotopic (exact) mass is 584 g/mol. The van der Waals surface area contributed by atoms with E-state index in [1.807, 2.05) is 0 Å². The van der Waals surface area contributed by atoms with E-state index in [1.54, 1.807) is 13.0 Å². The maximum atomic E-state index is 14.3. The maximum Gasteiger partial charge on any atom is 0.202 e. The van der Waals surface area contributed by atoms with Crippen molar-refractivity contribution >= 4 is 28.1 Å². The van der Waals surface area contributed by atoms with Gasteiger partial charge in [0.25, 0.3) is 0 Å². The fourth-order valence-corrected chi connectivity index (χ4v) is 6.46. The second kappa shape index (κ2) is 9.47. The molecular weight excluding hydrogens is 556 g/mol. The third kappa shape index (κ3) is 3.94. The largest absolute Gasteiger partial charge is 0.507 e. The summed E-state index contributed by atoms with van der Waals surface area (Å²) < 4.78 is 16.4. The van der Waals surface area contributed by atoms with Crippen LogP contribution in [-0.4, -0.2) is 64.7 Å². The molecule has 0 heterocycles. The zero-order chi connectivity index (χ0) is 31.1. The Morgan fingerprint density at radius 3 is 2.02 bits per heavy atom. The highest BCUT2D eigenvalue weighted by atomic mass is 16.5. The standard InChI is InChI=1S/C33H28O10/c1-13-6-16-26(21(7-13)42-4)32(39)28-19(35)10-18(34)27(29(28)30(16)37)23-15-8-14(41-3)9-22(43-5)25(15)31(38)24-17(23)11-33(2,40)12-20(24)36/h6-10,34-35,38,40H,11-12H2,1-5H3/t33-/m1/s1. The van der Waals surface area contributed by atoms with Crippen LogP contribution in [0.5, 0.6) is 34.5 Å². The minimum absolute atomic E-state index is 0.00999. The molecule has 0 fully saturated rings. The summed E-state index contributed by atoms with van der Waals surface area (Å²) in [4.78, 5) is 41.8. The Bertz CT molecular complexity index is 1950. The highest BCUT2D eigenvalue weighted by Gasteiger charge is 2.42. The van der Waals surface area contributed by atoms with Gasteiger partial charge in [0.15, 0.2) is 11.6 Å². The second-order valence-corrected chi connectivity index (χ2v) is 11.2. The molecule has 2 aliphatic carbocycles. The van der Waals surface area contributed by atoms with Gasteiger partial charge in [0.05, 0.1) is 49.0 Å². The number of fused-ring (bicyclic) bond motifs is 4. The lowest BCUT2D eigenvalue weighted by Gasteiger charge is -2.33. The minimum atomic E-state index is -1.54. The van der Waals surface area contributed by atoms with E-state index in [9.17, 15) is 34.8 Å². The number of phenols is 3. The first-order valence-corrected chi connectivity index (χ1v) is 13.4. The molecule has 0 bridgehead atoms. The van der Waals surface area contributed by atoms with Gasteiger partial charge in [-0.3, -0.25) is 14.4 Å². The number of ketones is 3. The van der Waals surface area contributed by atoms with Crippen LogP contribution in [0.15, 0.2) is 30.3 Å². The molecule has 43 heavy (non-hydrogen) atoms. The van der Waals surface area contributed by atoms with Gasteiger partial charge in [0.1, 0.15) is 34.5 Å². The Balaban J connectivity index is 1.84. The van der Waals surface area contributed by atoms with Crippen LogP contribution in [0.3, 0.4) is 0 Å². The summed E-state index contributed by atoms with van der Waals surface area (Å²) in [6, 6.07) is 7.13. The first kappa shape index (κ1) is 28.0. The van der Waals surface area contributed by atoms with Crippen LogP contribution in [0.2, 0.25) is 0 Å². The van der Waals surface area contributed by atoms with E-state index >= 15 is 0 Å². The first-order valence-electron chi connectivity index (χ1n) is 13.4. The van der Waals surface area contributed by atoms with Gasteiger partial charge >= 0.3 is 0 Å². The lowest BCUT2D eigenvalue weighted by molar-refractivity contribution is 0.0410. The zero-order valence-electron chi connectivity index (χ0n) is 24.0. The summed E-state index contributed by atoms with van der Waals surface area (Å²) in [5.74, 6) is -2.94. The quantitative estimate of drug-likeness (QED) is 0.235. The van der Waals surface area contributed by atoms with Gasteiger partial charge in [0.2, 0.25) is 5.78 Å². The van der Waals surface area contributed by atoms with Crippen molar-refractivity contribution in [3.63, 3.8) is 0 Å². The number of phenolic OH excluding ortho intramolecular Hbond substituents is 3. The Labute approximate surface area is 245 Å². The number of aryl methyl sites for hydroxylation is 1. The van der Waals surface area contributed by atoms with Gasteiger partial charge in [0, 0.05) is 47.1 Å². The number of carbonyl (C=O) groups excluding carboxylic acids is 3. The summed E-state index contributed by atoms with van der Waals surface area (Å²) >= 11 is 0. The van der Waals surface area contributed by atoms with Crippen LogP contribution in [0, 0.1) is 6.92 Å². The molecule has 4 N–H and O–H groups in total. The van der Waals surface area contributed by atoms with E-state index in [4.69, 9.17) is 14.2 Å². The number of benzene rings is 4. The van der Waals surface area contributed by atoms with E-state index in [-0.39, 0.29) is 79.6 Å². The number of Topliss-reactive ketones (excluding diaryl/α,β-unsaturated/α-hetero) is 1. The molecule has 0 aliphatic heterocycles. The van der Waals surface area contributed by atoms with Crippen LogP contribution >= 0.6 is 0 Å². The zero-order valence-corrected chi connectivity index (χ0v) is 24.0. The Kier molecular flexibility index (Phi) is 6.17. The summed E-state index contributed by atoms with van der Waals surface area (Å²) in [6.45, 7) is 3.20. The van der Waals surface area contributed by atoms with Gasteiger partial charge in [-0.15, -0.1) is 0 Å². The molecule has 2 aliphatic rings. The fraction of sp³-hybridized carbons (Fsp3) is 0.242. The SMILES string of the molecule is COc1cc(OC)c2c(O)c3c(c(-c4c(O)cc(O)c5c4C(=O)c4cc(C)cc(OC)c4C5=O)c2c1)C[C@@](C)(O)CC3=O. The predicted octanol–water partition coefficient (Wildman–Crippen LogP) is 4.61. The lowest BCUT2D eigenvalue weighted by Crippen LogP contribution is -2.36. The number of hydrogen-bond acceptors (Lipinski definition) is 10. The number of ether oxygens (including phenoxy) is 3. The number of aromatic hydroxyl groups is 3. The molecule has 0 aromatic heterocycles. The third-order valence-electron chi connectivity index (χ3n) is 8.18. The van der Waals surface area contributed by atoms with Crippen LogP contribution in [-0.2, 0) is 6.42 Å². The summed E-state index contributed by atoms with van der Waals surface area (Å²) in [7, 11) is 4.15. The molecule has 1 atom stereocenters. The fourth-order valence-electron chi connectivity index (χ4n) is 6.46. The molecule has 4 aromatic carbocycles. The average molecular weight is 585 g/mol. The number of methoxy groups -OCH3 is 3. The average Bonchev–Trinajstić information content (AvgIpc) is 2.94. The van der Waals surface area contributed by atoms with Crippen molar-refractivity contribution in [1.82, 2.24) is 0 Å². The van der Waals surface area contributed by atoms with Crippen molar-refractivity contribution in [2.24, 2.45) is 0 Å². The van der Waals surface area contributed by atoms with Gasteiger partial charge in [-0.1, -0.05) is 0 Å². The summed E-state index contributed by atoms with van der Waals surface area (Å²) in [5.41, 5.74) is -1.58. The van der Waals surface area contributed by atoms with E-state index in [0.29, 0.717) is 11.3 Å². The molecule has 6 rings (SSSR count). The normalized spacial score (nSPS) is 17.4. The Morgan fingerprint density at radius 2 is 1.37 bits per heavy atom. The predicted molar refractivity (Wildman–Crippen MR) is 155 cm³/mol. The summed E-state index contributed by atoms with van der Waals surface area (Å²) in [6.07, 6.45) is -0.437. The van der Waals surface area contributed by atoms with Crippen LogP contribution < -0.4 is 14.2 Å². The first-order chi connectivity index (χ1) is 20.3. The number of carbonyl (C=O) groups is 3. The molecule has 0 saturated heterocycles. The smallest absolute Gasteiger partial charge is 0.202 e. The van der Waals surface area contributed by atoms with Crippen LogP contribution in [0.1, 0.15) is 66.7 Å². The molecule has 0 saturated carbocycles. The van der Waals surface area contributed by atoms with Crippen molar-refractivity contribution in [3.05, 3.63) is 69.3 Å².